The molecule has 26 heavy (non-hydrogen) atoms. The first kappa shape index (κ1) is 17.6. The van der Waals surface area contributed by atoms with Crippen LogP contribution < -0.4 is 16.1 Å². The van der Waals surface area contributed by atoms with E-state index in [4.69, 9.17) is 16.3 Å². The summed E-state index contributed by atoms with van der Waals surface area (Å²) in [4.78, 5) is 8.85. The molecule has 136 valence electrons. The number of benzene rings is 1. The zero-order chi connectivity index (χ0) is 18.1. The van der Waals surface area contributed by atoms with Gasteiger partial charge < -0.3 is 20.3 Å². The maximum absolute atomic E-state index is 9.99. The minimum atomic E-state index is -0.831. The third-order valence-corrected chi connectivity index (χ3v) is 5.35. The van der Waals surface area contributed by atoms with E-state index in [-0.39, 0.29) is 0 Å². The van der Waals surface area contributed by atoms with Crippen LogP contribution in [0.2, 0.25) is 5.02 Å². The Hall–Kier alpha value is -1.83. The minimum absolute atomic E-state index is 0.412. The second-order valence-corrected chi connectivity index (χ2v) is 7.27. The molecule has 1 saturated carbocycles. The first-order valence-corrected chi connectivity index (χ1v) is 9.53. The summed E-state index contributed by atoms with van der Waals surface area (Å²) in [7, 11) is -0.831. The molecule has 1 aliphatic carbocycles. The van der Waals surface area contributed by atoms with Gasteiger partial charge in [-0.15, -0.1) is 0 Å². The Balaban J connectivity index is 1.57. The molecule has 2 aliphatic rings. The average molecular weight is 373 g/mol. The number of nitrogens with zero attached hydrogens (tertiary/aromatic N) is 2. The van der Waals surface area contributed by atoms with E-state index < -0.39 is 7.12 Å². The molecule has 0 atom stereocenters. The molecule has 2 heterocycles. The van der Waals surface area contributed by atoms with E-state index in [0.29, 0.717) is 29.4 Å². The number of halogens is 1. The van der Waals surface area contributed by atoms with Gasteiger partial charge in [0.25, 0.3) is 0 Å². The van der Waals surface area contributed by atoms with Crippen molar-refractivity contribution in [1.82, 2.24) is 9.97 Å². The predicted molar refractivity (Wildman–Crippen MR) is 104 cm³/mol. The van der Waals surface area contributed by atoms with Crippen molar-refractivity contribution in [1.29, 1.82) is 0 Å². The Labute approximate surface area is 158 Å². The Morgan fingerprint density at radius 1 is 1.35 bits per heavy atom. The molecule has 4 rings (SSSR count). The third-order valence-electron chi connectivity index (χ3n) is 5.07. The van der Waals surface area contributed by atoms with E-state index in [1.165, 1.54) is 12.8 Å². The summed E-state index contributed by atoms with van der Waals surface area (Å²) in [6, 6.07) is 4.42. The van der Waals surface area contributed by atoms with Gasteiger partial charge in [0.1, 0.15) is 5.02 Å². The van der Waals surface area contributed by atoms with E-state index in [9.17, 15) is 5.02 Å². The SMILES string of the molecule is CCc1cc(Nc2ncc(Cl)c(NC3CCCC3)n2)cc2c1B(O)OC2. The zero-order valence-corrected chi connectivity index (χ0v) is 15.5. The van der Waals surface area contributed by atoms with Crippen LogP contribution in [0.25, 0.3) is 0 Å². The summed E-state index contributed by atoms with van der Waals surface area (Å²) in [5, 5.41) is 17.2. The first-order chi connectivity index (χ1) is 12.6. The molecular weight excluding hydrogens is 350 g/mol. The lowest BCUT2D eigenvalue weighted by atomic mass is 9.75. The van der Waals surface area contributed by atoms with Gasteiger partial charge in [-0.2, -0.15) is 4.98 Å². The number of nitrogens with one attached hydrogen (secondary N) is 2. The van der Waals surface area contributed by atoms with Crippen molar-refractivity contribution in [2.45, 2.75) is 51.7 Å². The lowest BCUT2D eigenvalue weighted by Gasteiger charge is -2.15. The van der Waals surface area contributed by atoms with E-state index in [1.54, 1.807) is 6.20 Å². The van der Waals surface area contributed by atoms with E-state index in [0.717, 1.165) is 41.5 Å². The largest absolute Gasteiger partial charge is 0.492 e. The van der Waals surface area contributed by atoms with Crippen molar-refractivity contribution in [3.63, 3.8) is 0 Å². The standard InChI is InChI=1S/C18H22BClN4O2/c1-2-11-7-14(8-12-10-26-19(25)16(11)12)23-18-21-9-15(20)17(24-18)22-13-5-3-4-6-13/h7-9,13,25H,2-6,10H2,1H3,(H2,21,22,23,24). The fourth-order valence-corrected chi connectivity index (χ4v) is 3.90. The first-order valence-electron chi connectivity index (χ1n) is 9.15. The highest BCUT2D eigenvalue weighted by atomic mass is 35.5. The summed E-state index contributed by atoms with van der Waals surface area (Å²) >= 11 is 6.26. The van der Waals surface area contributed by atoms with Gasteiger partial charge in [0, 0.05) is 11.7 Å². The topological polar surface area (TPSA) is 79.3 Å². The lowest BCUT2D eigenvalue weighted by Crippen LogP contribution is -2.31. The molecule has 0 amide bonds. The summed E-state index contributed by atoms with van der Waals surface area (Å²) in [6.45, 7) is 2.47. The second-order valence-electron chi connectivity index (χ2n) is 6.87. The van der Waals surface area contributed by atoms with Crippen LogP contribution in [0.5, 0.6) is 0 Å². The third kappa shape index (κ3) is 3.52. The van der Waals surface area contributed by atoms with Crippen molar-refractivity contribution in [3.05, 3.63) is 34.5 Å². The molecular formula is C18H22BClN4O2. The molecule has 2 aromatic rings. The minimum Gasteiger partial charge on any atom is -0.423 e. The highest BCUT2D eigenvalue weighted by Crippen LogP contribution is 2.27. The molecule has 1 aliphatic heterocycles. The fourth-order valence-electron chi connectivity index (χ4n) is 3.75. The quantitative estimate of drug-likeness (QED) is 0.700. The molecule has 8 heteroatoms. The molecule has 1 aromatic heterocycles. The van der Waals surface area contributed by atoms with Crippen LogP contribution in [0.1, 0.15) is 43.7 Å². The molecule has 0 unspecified atom stereocenters. The van der Waals surface area contributed by atoms with Gasteiger partial charge in [0.05, 0.1) is 12.8 Å². The van der Waals surface area contributed by atoms with Crippen LogP contribution in [-0.2, 0) is 17.7 Å². The number of hydrogen-bond acceptors (Lipinski definition) is 6. The normalized spacial score (nSPS) is 16.8. The maximum Gasteiger partial charge on any atom is 0.492 e. The molecule has 6 nitrogen and oxygen atoms in total. The van der Waals surface area contributed by atoms with E-state index in [2.05, 4.69) is 27.5 Å². The van der Waals surface area contributed by atoms with Crippen LogP contribution in [0, 0.1) is 0 Å². The number of rotatable bonds is 5. The monoisotopic (exact) mass is 372 g/mol. The number of hydrogen-bond donors (Lipinski definition) is 3. The van der Waals surface area contributed by atoms with Crippen molar-refractivity contribution in [3.8, 4) is 0 Å². The van der Waals surface area contributed by atoms with Gasteiger partial charge in [-0.25, -0.2) is 4.98 Å². The number of aromatic nitrogens is 2. The molecule has 0 saturated heterocycles. The lowest BCUT2D eigenvalue weighted by molar-refractivity contribution is 0.275. The molecule has 0 spiro atoms. The molecule has 3 N–H and O–H groups in total. The number of aryl methyl sites for hydroxylation is 1. The van der Waals surface area contributed by atoms with Gasteiger partial charge in [-0.3, -0.25) is 0 Å². The predicted octanol–water partition coefficient (Wildman–Crippen LogP) is 3.01. The Morgan fingerprint density at radius 2 is 2.15 bits per heavy atom. The Morgan fingerprint density at radius 3 is 2.92 bits per heavy atom. The van der Waals surface area contributed by atoms with Gasteiger partial charge in [0.2, 0.25) is 5.95 Å². The Bertz CT molecular complexity index is 814. The maximum atomic E-state index is 9.99. The fraction of sp³-hybridized carbons (Fsp3) is 0.444. The summed E-state index contributed by atoms with van der Waals surface area (Å²) in [6.07, 6.45) is 7.22. The zero-order valence-electron chi connectivity index (χ0n) is 14.8. The van der Waals surface area contributed by atoms with E-state index in [1.807, 2.05) is 12.1 Å². The summed E-state index contributed by atoms with van der Waals surface area (Å²) in [5.41, 5.74) is 3.83. The second kappa shape index (κ2) is 7.43. The van der Waals surface area contributed by atoms with Gasteiger partial charge >= 0.3 is 7.12 Å². The van der Waals surface area contributed by atoms with E-state index >= 15 is 0 Å². The smallest absolute Gasteiger partial charge is 0.423 e. The van der Waals surface area contributed by atoms with Crippen molar-refractivity contribution >= 4 is 41.6 Å². The van der Waals surface area contributed by atoms with Crippen LogP contribution in [0.4, 0.5) is 17.5 Å². The van der Waals surface area contributed by atoms with Crippen LogP contribution in [0.3, 0.4) is 0 Å². The highest BCUT2D eigenvalue weighted by Gasteiger charge is 2.30. The summed E-state index contributed by atoms with van der Waals surface area (Å²) in [5.74, 6) is 1.17. The van der Waals surface area contributed by atoms with Gasteiger partial charge in [-0.05, 0) is 48.0 Å². The number of anilines is 3. The Kier molecular flexibility index (Phi) is 5.02. The van der Waals surface area contributed by atoms with Crippen LogP contribution in [-0.4, -0.2) is 28.2 Å². The molecule has 0 bridgehead atoms. The van der Waals surface area contributed by atoms with Crippen molar-refractivity contribution in [2.75, 3.05) is 10.6 Å². The molecule has 0 radical (unpaired) electrons. The average Bonchev–Trinajstić information content (AvgIpc) is 3.27. The van der Waals surface area contributed by atoms with Gasteiger partial charge in [0.15, 0.2) is 5.82 Å². The van der Waals surface area contributed by atoms with Gasteiger partial charge in [-0.1, -0.05) is 31.4 Å². The summed E-state index contributed by atoms with van der Waals surface area (Å²) < 4.78 is 5.35. The number of fused-ring (bicyclic) bond motifs is 1. The molecule has 1 fully saturated rings. The van der Waals surface area contributed by atoms with Crippen molar-refractivity contribution < 1.29 is 9.68 Å². The molecule has 1 aromatic carbocycles. The van der Waals surface area contributed by atoms with Crippen molar-refractivity contribution in [2.24, 2.45) is 0 Å². The van der Waals surface area contributed by atoms with Crippen LogP contribution >= 0.6 is 11.6 Å². The van der Waals surface area contributed by atoms with Crippen LogP contribution in [0.15, 0.2) is 18.3 Å². The highest BCUT2D eigenvalue weighted by molar-refractivity contribution is 6.62.